The standard InChI is InChI=1S/C18H20Cl2N4O5.ClH/c1-18(27,8-3-4-9(19)10(20)5-8)15-13(25)14(26)17(29-15)24-7-22-12-11(23-28-2)6-21-16(12)24;/h3-5,7,13-15,17,21,25-27H,6H2,1-2H3;1H/b23-11+;/t13-,14+,15-,17+,18+;/m0./s1. The summed E-state index contributed by atoms with van der Waals surface area (Å²) in [6.45, 7) is 1.89. The Morgan fingerprint density at radius 3 is 2.70 bits per heavy atom. The summed E-state index contributed by atoms with van der Waals surface area (Å²) in [7, 11) is 1.44. The number of anilines is 1. The first-order valence-electron chi connectivity index (χ1n) is 8.86. The number of nitrogens with one attached hydrogen (secondary N) is 1. The molecule has 2 aromatic rings. The number of oxime groups is 1. The number of aromatic nitrogens is 2. The van der Waals surface area contributed by atoms with Crippen molar-refractivity contribution < 1.29 is 24.9 Å². The van der Waals surface area contributed by atoms with Gasteiger partial charge in [0, 0.05) is 0 Å². The number of nitrogens with zero attached hydrogens (tertiary/aromatic N) is 3. The molecule has 12 heteroatoms. The van der Waals surface area contributed by atoms with Crippen LogP contribution in [0.25, 0.3) is 0 Å². The number of ether oxygens (including phenoxy) is 1. The van der Waals surface area contributed by atoms with Crippen LogP contribution in [-0.2, 0) is 15.2 Å². The van der Waals surface area contributed by atoms with Crippen LogP contribution in [-0.4, -0.2) is 62.5 Å². The average Bonchev–Trinajstić information content (AvgIpc) is 3.34. The van der Waals surface area contributed by atoms with Crippen molar-refractivity contribution in [2.45, 2.75) is 37.1 Å². The van der Waals surface area contributed by atoms with Crippen LogP contribution in [0.1, 0.15) is 24.4 Å². The number of hydrogen-bond acceptors (Lipinski definition) is 8. The van der Waals surface area contributed by atoms with E-state index in [1.165, 1.54) is 26.4 Å². The Bertz CT molecular complexity index is 967. The molecule has 5 atom stereocenters. The van der Waals surface area contributed by atoms with Gasteiger partial charge in [0.05, 0.1) is 22.9 Å². The largest absolute Gasteiger partial charge is 0.399 e. The molecule has 1 saturated heterocycles. The van der Waals surface area contributed by atoms with Crippen molar-refractivity contribution in [2.24, 2.45) is 5.16 Å². The molecule has 0 unspecified atom stereocenters. The first-order chi connectivity index (χ1) is 13.8. The van der Waals surface area contributed by atoms with E-state index in [1.54, 1.807) is 16.7 Å². The molecule has 4 rings (SSSR count). The Labute approximate surface area is 188 Å². The highest BCUT2D eigenvalue weighted by molar-refractivity contribution is 6.42. The summed E-state index contributed by atoms with van der Waals surface area (Å²) in [5.41, 5.74) is -0.0822. The average molecular weight is 480 g/mol. The number of halogens is 3. The SMILES string of the molecule is CO/N=C1\CNc2c1ncn2[C@@H]1O[C@H]([C@](C)(O)c2ccc(Cl)c(Cl)c2)[C@@H](O)[C@H]1O.Cl. The van der Waals surface area contributed by atoms with Gasteiger partial charge in [-0.05, 0) is 24.6 Å². The lowest BCUT2D eigenvalue weighted by molar-refractivity contribution is -0.136. The van der Waals surface area contributed by atoms with Gasteiger partial charge in [-0.15, -0.1) is 12.4 Å². The Morgan fingerprint density at radius 1 is 1.30 bits per heavy atom. The molecule has 0 saturated carbocycles. The monoisotopic (exact) mass is 478 g/mol. The van der Waals surface area contributed by atoms with E-state index in [0.717, 1.165) is 0 Å². The highest BCUT2D eigenvalue weighted by Crippen LogP contribution is 2.42. The quantitative estimate of drug-likeness (QED) is 0.494. The summed E-state index contributed by atoms with van der Waals surface area (Å²) in [6, 6.07) is 4.64. The van der Waals surface area contributed by atoms with Crippen molar-refractivity contribution in [3.63, 3.8) is 0 Å². The zero-order valence-electron chi connectivity index (χ0n) is 16.0. The number of fused-ring (bicyclic) bond motifs is 1. The smallest absolute Gasteiger partial charge is 0.165 e. The third kappa shape index (κ3) is 3.64. The third-order valence-electron chi connectivity index (χ3n) is 5.26. The van der Waals surface area contributed by atoms with Gasteiger partial charge in [0.15, 0.2) is 6.23 Å². The van der Waals surface area contributed by atoms with Crippen LogP contribution in [0, 0.1) is 0 Å². The lowest BCUT2D eigenvalue weighted by Crippen LogP contribution is -2.45. The maximum Gasteiger partial charge on any atom is 0.165 e. The van der Waals surface area contributed by atoms with Gasteiger partial charge in [-0.2, -0.15) is 0 Å². The van der Waals surface area contributed by atoms with E-state index >= 15 is 0 Å². The van der Waals surface area contributed by atoms with Gasteiger partial charge in [-0.3, -0.25) is 4.57 Å². The number of imidazole rings is 1. The van der Waals surface area contributed by atoms with Crippen molar-refractivity contribution in [1.82, 2.24) is 9.55 Å². The van der Waals surface area contributed by atoms with Crippen LogP contribution < -0.4 is 5.32 Å². The molecule has 1 fully saturated rings. The number of rotatable bonds is 4. The lowest BCUT2D eigenvalue weighted by atomic mass is 9.87. The van der Waals surface area contributed by atoms with Gasteiger partial charge < -0.3 is 30.2 Å². The van der Waals surface area contributed by atoms with Crippen LogP contribution in [0.2, 0.25) is 10.0 Å². The molecule has 9 nitrogen and oxygen atoms in total. The third-order valence-corrected chi connectivity index (χ3v) is 6.00. The van der Waals surface area contributed by atoms with Gasteiger partial charge in [0.1, 0.15) is 48.2 Å². The summed E-state index contributed by atoms with van der Waals surface area (Å²) >= 11 is 12.0. The molecule has 1 aromatic carbocycles. The summed E-state index contributed by atoms with van der Waals surface area (Å²) in [5, 5.41) is 40.0. The van der Waals surface area contributed by atoms with E-state index in [2.05, 4.69) is 15.5 Å². The van der Waals surface area contributed by atoms with Gasteiger partial charge >= 0.3 is 0 Å². The minimum atomic E-state index is -1.65. The van der Waals surface area contributed by atoms with Gasteiger partial charge in [0.2, 0.25) is 0 Å². The van der Waals surface area contributed by atoms with Crippen molar-refractivity contribution in [3.05, 3.63) is 45.8 Å². The molecule has 30 heavy (non-hydrogen) atoms. The van der Waals surface area contributed by atoms with Crippen LogP contribution in [0.5, 0.6) is 0 Å². The summed E-state index contributed by atoms with van der Waals surface area (Å²) < 4.78 is 7.49. The minimum Gasteiger partial charge on any atom is -0.399 e. The van der Waals surface area contributed by atoms with E-state index in [9.17, 15) is 15.3 Å². The first kappa shape index (κ1) is 23.1. The van der Waals surface area contributed by atoms with Gasteiger partial charge in [-0.1, -0.05) is 34.4 Å². The molecule has 2 aliphatic rings. The Morgan fingerprint density at radius 2 is 2.03 bits per heavy atom. The molecular weight excluding hydrogens is 459 g/mol. The number of aliphatic hydroxyl groups excluding tert-OH is 2. The van der Waals surface area contributed by atoms with E-state index in [-0.39, 0.29) is 17.4 Å². The van der Waals surface area contributed by atoms with Crippen molar-refractivity contribution in [1.29, 1.82) is 0 Å². The van der Waals surface area contributed by atoms with Crippen LogP contribution in [0.3, 0.4) is 0 Å². The molecule has 0 spiro atoms. The molecule has 0 radical (unpaired) electrons. The maximum atomic E-state index is 11.1. The summed E-state index contributed by atoms with van der Waals surface area (Å²) in [5.74, 6) is 0.576. The fraction of sp³-hybridized carbons (Fsp3) is 0.444. The predicted molar refractivity (Wildman–Crippen MR) is 113 cm³/mol. The van der Waals surface area contributed by atoms with Gasteiger partial charge in [-0.25, -0.2) is 4.98 Å². The fourth-order valence-electron chi connectivity index (χ4n) is 3.71. The second-order valence-corrected chi connectivity index (χ2v) is 7.94. The molecule has 3 heterocycles. The number of benzene rings is 1. The minimum absolute atomic E-state index is 0. The van der Waals surface area contributed by atoms with Crippen molar-refractivity contribution >= 4 is 47.1 Å². The summed E-state index contributed by atoms with van der Waals surface area (Å²) in [4.78, 5) is 9.10. The fourth-order valence-corrected chi connectivity index (χ4v) is 4.00. The molecule has 4 N–H and O–H groups in total. The van der Waals surface area contributed by atoms with E-state index in [4.69, 9.17) is 32.8 Å². The Balaban J connectivity index is 0.00000256. The highest BCUT2D eigenvalue weighted by Gasteiger charge is 2.53. The molecule has 2 aliphatic heterocycles. The second kappa shape index (κ2) is 8.51. The van der Waals surface area contributed by atoms with Crippen molar-refractivity contribution in [3.8, 4) is 0 Å². The second-order valence-electron chi connectivity index (χ2n) is 7.13. The first-order valence-corrected chi connectivity index (χ1v) is 9.62. The number of hydrogen-bond donors (Lipinski definition) is 4. The van der Waals surface area contributed by atoms with Crippen LogP contribution in [0.15, 0.2) is 29.7 Å². The van der Waals surface area contributed by atoms with Crippen LogP contribution >= 0.6 is 35.6 Å². The molecular formula is C18H21Cl3N4O5. The zero-order valence-corrected chi connectivity index (χ0v) is 18.3. The molecule has 164 valence electrons. The Hall–Kier alpha value is -1.59. The maximum absolute atomic E-state index is 11.1. The predicted octanol–water partition coefficient (Wildman–Crippen LogP) is 1.91. The highest BCUT2D eigenvalue weighted by atomic mass is 35.5. The van der Waals surface area contributed by atoms with E-state index in [0.29, 0.717) is 34.4 Å². The molecule has 0 bridgehead atoms. The normalized spacial score (nSPS) is 28.6. The van der Waals surface area contributed by atoms with E-state index < -0.39 is 30.1 Å². The zero-order chi connectivity index (χ0) is 20.9. The lowest BCUT2D eigenvalue weighted by Gasteiger charge is -2.32. The Kier molecular flexibility index (Phi) is 6.54. The molecule has 0 amide bonds. The molecule has 1 aromatic heterocycles. The summed E-state index contributed by atoms with van der Waals surface area (Å²) in [6.07, 6.45) is -3.31. The topological polar surface area (TPSA) is 121 Å². The van der Waals surface area contributed by atoms with E-state index in [1.807, 2.05) is 0 Å². The van der Waals surface area contributed by atoms with Gasteiger partial charge in [0.25, 0.3) is 0 Å². The van der Waals surface area contributed by atoms with Crippen LogP contribution in [0.4, 0.5) is 5.82 Å². The van der Waals surface area contributed by atoms with Crippen molar-refractivity contribution in [2.75, 3.05) is 19.0 Å². The number of aliphatic hydroxyl groups is 3. The molecule has 0 aliphatic carbocycles.